The van der Waals surface area contributed by atoms with Crippen LogP contribution in [0.3, 0.4) is 0 Å². The number of halogens is 1. The standard InChI is InChI=1S/C12H24BrNO2/c1-3-12(4-2,10-15)9-14-11(16)7-5-6-8-13/h15H,3-10H2,1-2H3,(H,14,16). The average Bonchev–Trinajstić information content (AvgIpc) is 2.32. The molecule has 0 aromatic rings. The van der Waals surface area contributed by atoms with Crippen molar-refractivity contribution in [3.63, 3.8) is 0 Å². The van der Waals surface area contributed by atoms with Gasteiger partial charge in [-0.1, -0.05) is 29.8 Å². The third kappa shape index (κ3) is 5.85. The lowest BCUT2D eigenvalue weighted by Crippen LogP contribution is -2.39. The van der Waals surface area contributed by atoms with Crippen molar-refractivity contribution >= 4 is 21.8 Å². The highest BCUT2D eigenvalue weighted by molar-refractivity contribution is 9.09. The van der Waals surface area contributed by atoms with E-state index in [0.717, 1.165) is 31.0 Å². The summed E-state index contributed by atoms with van der Waals surface area (Å²) in [4.78, 5) is 11.5. The van der Waals surface area contributed by atoms with Crippen LogP contribution in [0, 0.1) is 5.41 Å². The SMILES string of the molecule is CCC(CC)(CO)CNC(=O)CCCCBr. The summed E-state index contributed by atoms with van der Waals surface area (Å²) in [6, 6.07) is 0. The summed E-state index contributed by atoms with van der Waals surface area (Å²) < 4.78 is 0. The van der Waals surface area contributed by atoms with Gasteiger partial charge in [-0.2, -0.15) is 0 Å². The second-order valence-electron chi connectivity index (χ2n) is 4.29. The number of aliphatic hydroxyl groups excluding tert-OH is 1. The predicted octanol–water partition coefficient (Wildman–Crippen LogP) is 2.47. The van der Waals surface area contributed by atoms with E-state index in [1.165, 1.54) is 0 Å². The molecule has 0 spiro atoms. The molecule has 2 N–H and O–H groups in total. The molecule has 0 saturated heterocycles. The molecule has 0 fully saturated rings. The first kappa shape index (κ1) is 15.9. The molecule has 0 aliphatic heterocycles. The molecular weight excluding hydrogens is 270 g/mol. The fourth-order valence-corrected chi connectivity index (χ4v) is 1.93. The summed E-state index contributed by atoms with van der Waals surface area (Å²) in [5, 5.41) is 13.2. The molecular formula is C12H24BrNO2. The summed E-state index contributed by atoms with van der Waals surface area (Å²) in [7, 11) is 0. The van der Waals surface area contributed by atoms with Gasteiger partial charge in [0.25, 0.3) is 0 Å². The molecule has 96 valence electrons. The van der Waals surface area contributed by atoms with Gasteiger partial charge in [-0.3, -0.25) is 4.79 Å². The highest BCUT2D eigenvalue weighted by Crippen LogP contribution is 2.24. The number of nitrogens with one attached hydrogen (secondary N) is 1. The van der Waals surface area contributed by atoms with Gasteiger partial charge in [0.15, 0.2) is 0 Å². The lowest BCUT2D eigenvalue weighted by molar-refractivity contribution is -0.121. The first-order chi connectivity index (χ1) is 7.64. The van der Waals surface area contributed by atoms with Crippen LogP contribution in [0.1, 0.15) is 46.0 Å². The topological polar surface area (TPSA) is 49.3 Å². The Bertz CT molecular complexity index is 185. The Hall–Kier alpha value is -0.0900. The number of amides is 1. The summed E-state index contributed by atoms with van der Waals surface area (Å²) in [5.41, 5.74) is -0.134. The molecule has 0 aromatic carbocycles. The Balaban J connectivity index is 3.87. The third-order valence-corrected chi connectivity index (χ3v) is 3.84. The minimum atomic E-state index is -0.134. The van der Waals surface area contributed by atoms with Crippen LogP contribution in [0.4, 0.5) is 0 Å². The van der Waals surface area contributed by atoms with Crippen LogP contribution in [0.15, 0.2) is 0 Å². The van der Waals surface area contributed by atoms with Gasteiger partial charge in [0.1, 0.15) is 0 Å². The van der Waals surface area contributed by atoms with E-state index in [1.54, 1.807) is 0 Å². The van der Waals surface area contributed by atoms with E-state index in [4.69, 9.17) is 0 Å². The maximum Gasteiger partial charge on any atom is 0.220 e. The molecule has 0 aromatic heterocycles. The molecule has 16 heavy (non-hydrogen) atoms. The molecule has 0 rings (SSSR count). The monoisotopic (exact) mass is 293 g/mol. The average molecular weight is 294 g/mol. The van der Waals surface area contributed by atoms with Crippen LogP contribution < -0.4 is 5.32 Å². The highest BCUT2D eigenvalue weighted by Gasteiger charge is 2.25. The first-order valence-electron chi connectivity index (χ1n) is 6.07. The number of hydrogen-bond acceptors (Lipinski definition) is 2. The number of aliphatic hydroxyl groups is 1. The van der Waals surface area contributed by atoms with Crippen molar-refractivity contribution in [2.24, 2.45) is 5.41 Å². The van der Waals surface area contributed by atoms with Gasteiger partial charge in [0, 0.05) is 23.7 Å². The van der Waals surface area contributed by atoms with Gasteiger partial charge in [-0.15, -0.1) is 0 Å². The molecule has 3 nitrogen and oxygen atoms in total. The molecule has 1 amide bonds. The second kappa shape index (κ2) is 8.99. The summed E-state index contributed by atoms with van der Waals surface area (Å²) >= 11 is 3.34. The molecule has 0 saturated carbocycles. The van der Waals surface area contributed by atoms with Gasteiger partial charge in [-0.25, -0.2) is 0 Å². The lowest BCUT2D eigenvalue weighted by atomic mass is 9.83. The molecule has 0 atom stereocenters. The number of rotatable bonds is 9. The zero-order valence-electron chi connectivity index (χ0n) is 10.4. The Kier molecular flexibility index (Phi) is 8.94. The van der Waals surface area contributed by atoms with E-state index in [0.29, 0.717) is 13.0 Å². The van der Waals surface area contributed by atoms with E-state index in [1.807, 2.05) is 0 Å². The predicted molar refractivity (Wildman–Crippen MR) is 70.8 cm³/mol. The maximum atomic E-state index is 11.5. The third-order valence-electron chi connectivity index (χ3n) is 3.28. The summed E-state index contributed by atoms with van der Waals surface area (Å²) in [6.45, 7) is 4.83. The highest BCUT2D eigenvalue weighted by atomic mass is 79.9. The van der Waals surface area contributed by atoms with Gasteiger partial charge < -0.3 is 10.4 Å². The van der Waals surface area contributed by atoms with Crippen LogP contribution in [0.2, 0.25) is 0 Å². The normalized spacial score (nSPS) is 11.5. The Labute approximate surface area is 107 Å². The zero-order valence-corrected chi connectivity index (χ0v) is 12.0. The van der Waals surface area contributed by atoms with E-state index >= 15 is 0 Å². The van der Waals surface area contributed by atoms with Crippen LogP contribution in [-0.4, -0.2) is 29.5 Å². The second-order valence-corrected chi connectivity index (χ2v) is 5.08. The van der Waals surface area contributed by atoms with Crippen LogP contribution in [-0.2, 0) is 4.79 Å². The number of alkyl halides is 1. The number of carbonyl (C=O) groups excluding carboxylic acids is 1. The largest absolute Gasteiger partial charge is 0.396 e. The molecule has 0 aliphatic carbocycles. The van der Waals surface area contributed by atoms with Crippen molar-refractivity contribution in [2.75, 3.05) is 18.5 Å². The minimum absolute atomic E-state index is 0.0978. The van der Waals surface area contributed by atoms with Crippen molar-refractivity contribution in [1.29, 1.82) is 0 Å². The fraction of sp³-hybridized carbons (Fsp3) is 0.917. The Morgan fingerprint density at radius 2 is 1.94 bits per heavy atom. The molecule has 0 heterocycles. The smallest absolute Gasteiger partial charge is 0.220 e. The van der Waals surface area contributed by atoms with Gasteiger partial charge in [0.05, 0.1) is 6.61 Å². The molecule has 4 heteroatoms. The van der Waals surface area contributed by atoms with Crippen LogP contribution in [0.5, 0.6) is 0 Å². The van der Waals surface area contributed by atoms with Crippen molar-refractivity contribution in [1.82, 2.24) is 5.32 Å². The van der Waals surface area contributed by atoms with Crippen molar-refractivity contribution in [3.8, 4) is 0 Å². The summed E-state index contributed by atoms with van der Waals surface area (Å²) in [6.07, 6.45) is 4.31. The number of hydrogen-bond donors (Lipinski definition) is 2. The van der Waals surface area contributed by atoms with Crippen molar-refractivity contribution < 1.29 is 9.90 Å². The summed E-state index contributed by atoms with van der Waals surface area (Å²) in [5.74, 6) is 0.0978. The number of carbonyl (C=O) groups is 1. The Morgan fingerprint density at radius 3 is 2.38 bits per heavy atom. The molecule has 0 aliphatic rings. The maximum absolute atomic E-state index is 11.5. The van der Waals surface area contributed by atoms with Crippen LogP contribution in [0.25, 0.3) is 0 Å². The lowest BCUT2D eigenvalue weighted by Gasteiger charge is -2.29. The van der Waals surface area contributed by atoms with E-state index in [2.05, 4.69) is 35.1 Å². The first-order valence-corrected chi connectivity index (χ1v) is 7.19. The van der Waals surface area contributed by atoms with Gasteiger partial charge in [0.2, 0.25) is 5.91 Å². The van der Waals surface area contributed by atoms with E-state index in [-0.39, 0.29) is 17.9 Å². The fourth-order valence-electron chi connectivity index (χ4n) is 1.53. The minimum Gasteiger partial charge on any atom is -0.396 e. The number of unbranched alkanes of at least 4 members (excludes halogenated alkanes) is 1. The van der Waals surface area contributed by atoms with E-state index in [9.17, 15) is 9.90 Å². The quantitative estimate of drug-likeness (QED) is 0.507. The molecule has 0 unspecified atom stereocenters. The zero-order chi connectivity index (χ0) is 12.4. The van der Waals surface area contributed by atoms with Crippen LogP contribution >= 0.6 is 15.9 Å². The van der Waals surface area contributed by atoms with Gasteiger partial charge >= 0.3 is 0 Å². The Morgan fingerprint density at radius 1 is 1.31 bits per heavy atom. The van der Waals surface area contributed by atoms with Gasteiger partial charge in [-0.05, 0) is 25.7 Å². The molecule has 0 bridgehead atoms. The molecule has 0 radical (unpaired) electrons. The van der Waals surface area contributed by atoms with Crippen molar-refractivity contribution in [3.05, 3.63) is 0 Å². The van der Waals surface area contributed by atoms with Crippen molar-refractivity contribution in [2.45, 2.75) is 46.0 Å². The van der Waals surface area contributed by atoms with E-state index < -0.39 is 0 Å².